The number of carbonyl (C=O) groups excluding carboxylic acids is 1. The molecule has 10 heteroatoms. The summed E-state index contributed by atoms with van der Waals surface area (Å²) in [7, 11) is 0. The first-order valence-corrected chi connectivity index (χ1v) is 11.7. The molecule has 1 N–H and O–H groups in total. The lowest BCUT2D eigenvalue weighted by molar-refractivity contribution is -0.136. The zero-order valence-corrected chi connectivity index (χ0v) is 22.0. The first kappa shape index (κ1) is 25.7. The number of morpholine rings is 1. The molecule has 1 amide bonds. The van der Waals surface area contributed by atoms with Crippen LogP contribution in [0.25, 0.3) is 5.65 Å². The van der Waals surface area contributed by atoms with Crippen molar-refractivity contribution in [3.63, 3.8) is 0 Å². The molecule has 2 aromatic heterocycles. The summed E-state index contributed by atoms with van der Waals surface area (Å²) in [6, 6.07) is 4.13. The first-order valence-electron chi connectivity index (χ1n) is 11.7. The number of nitrogens with one attached hydrogen (secondary N) is 1. The Morgan fingerprint density at radius 3 is 2.61 bits per heavy atom. The fraction of sp³-hybridized carbons (Fsp3) is 0.609. The number of amides is 1. The van der Waals surface area contributed by atoms with Crippen LogP contribution < -0.4 is 5.32 Å². The Morgan fingerprint density at radius 1 is 1.15 bits per heavy atom. The highest BCUT2D eigenvalue weighted by Gasteiger charge is 2.24. The number of aromatic nitrogens is 2. The summed E-state index contributed by atoms with van der Waals surface area (Å²) in [6.07, 6.45) is 4.94. The van der Waals surface area contributed by atoms with Crippen molar-refractivity contribution in [2.24, 2.45) is 4.99 Å². The molecule has 0 bridgehead atoms. The van der Waals surface area contributed by atoms with Crippen LogP contribution in [-0.4, -0.2) is 108 Å². The topological polar surface area (TPSA) is 77.7 Å². The van der Waals surface area contributed by atoms with E-state index in [9.17, 15) is 4.79 Å². The number of imidazole rings is 1. The van der Waals surface area contributed by atoms with Crippen molar-refractivity contribution in [3.05, 3.63) is 35.8 Å². The van der Waals surface area contributed by atoms with Gasteiger partial charge in [-0.2, -0.15) is 0 Å². The van der Waals surface area contributed by atoms with E-state index in [1.54, 1.807) is 0 Å². The van der Waals surface area contributed by atoms with E-state index in [2.05, 4.69) is 45.6 Å². The van der Waals surface area contributed by atoms with Gasteiger partial charge in [0.2, 0.25) is 5.91 Å². The second-order valence-corrected chi connectivity index (χ2v) is 8.40. The zero-order valence-electron chi connectivity index (χ0n) is 19.7. The number of aryl methyl sites for hydroxylation is 1. The van der Waals surface area contributed by atoms with Gasteiger partial charge in [-0.15, -0.1) is 24.0 Å². The van der Waals surface area contributed by atoms with Crippen LogP contribution in [0.5, 0.6) is 0 Å². The SMILES string of the molecule is CCNC(=NCCc1cn2cccc(C)c2n1)N1CCN(CC(=O)N2CCOCC2)CC1.I. The standard InChI is InChI=1S/C23H35N7O2.HI/c1-3-24-23(25-7-6-20-17-30-8-4-5-19(2)22(30)26-20)29-11-9-27(10-12-29)18-21(31)28-13-15-32-16-14-28;/h4-5,8,17H,3,6-7,9-16,18H2,1-2H3,(H,24,25);1H. The minimum absolute atomic E-state index is 0. The van der Waals surface area contributed by atoms with Crippen LogP contribution in [0.4, 0.5) is 0 Å². The molecule has 0 saturated carbocycles. The normalized spacial score (nSPS) is 17.8. The highest BCUT2D eigenvalue weighted by molar-refractivity contribution is 14.0. The van der Waals surface area contributed by atoms with Gasteiger partial charge in [-0.25, -0.2) is 4.98 Å². The third kappa shape index (κ3) is 6.80. The molecule has 33 heavy (non-hydrogen) atoms. The molecule has 4 rings (SSSR count). The number of hydrogen-bond donors (Lipinski definition) is 1. The van der Waals surface area contributed by atoms with Crippen LogP contribution in [0, 0.1) is 6.92 Å². The van der Waals surface area contributed by atoms with E-state index in [0.29, 0.717) is 39.4 Å². The van der Waals surface area contributed by atoms with Crippen molar-refractivity contribution >= 4 is 41.5 Å². The fourth-order valence-corrected chi connectivity index (χ4v) is 4.25. The number of aliphatic imine (C=N–C) groups is 1. The minimum atomic E-state index is 0. The molecular formula is C23H36IN7O2. The summed E-state index contributed by atoms with van der Waals surface area (Å²) >= 11 is 0. The summed E-state index contributed by atoms with van der Waals surface area (Å²) < 4.78 is 7.43. The Labute approximate surface area is 213 Å². The molecule has 182 valence electrons. The lowest BCUT2D eigenvalue weighted by atomic mass is 10.3. The van der Waals surface area contributed by atoms with Gasteiger partial charge in [-0.1, -0.05) is 6.07 Å². The van der Waals surface area contributed by atoms with Crippen LogP contribution in [0.15, 0.2) is 29.5 Å². The van der Waals surface area contributed by atoms with Crippen LogP contribution in [0.2, 0.25) is 0 Å². The van der Waals surface area contributed by atoms with E-state index in [0.717, 1.165) is 56.4 Å². The molecule has 9 nitrogen and oxygen atoms in total. The van der Waals surface area contributed by atoms with Gasteiger partial charge in [0, 0.05) is 71.2 Å². The number of hydrogen-bond acceptors (Lipinski definition) is 5. The highest BCUT2D eigenvalue weighted by Crippen LogP contribution is 2.11. The van der Waals surface area contributed by atoms with Crippen LogP contribution >= 0.6 is 24.0 Å². The van der Waals surface area contributed by atoms with Gasteiger partial charge in [-0.05, 0) is 25.5 Å². The van der Waals surface area contributed by atoms with Crippen molar-refractivity contribution in [1.29, 1.82) is 0 Å². The van der Waals surface area contributed by atoms with Crippen LogP contribution in [0.1, 0.15) is 18.2 Å². The molecule has 2 fully saturated rings. The first-order chi connectivity index (χ1) is 15.6. The van der Waals surface area contributed by atoms with Gasteiger partial charge in [0.25, 0.3) is 0 Å². The predicted octanol–water partition coefficient (Wildman–Crippen LogP) is 1.25. The maximum absolute atomic E-state index is 12.5. The Kier molecular flexibility index (Phi) is 9.75. The van der Waals surface area contributed by atoms with E-state index in [-0.39, 0.29) is 29.9 Å². The number of pyridine rings is 1. The average Bonchev–Trinajstić information content (AvgIpc) is 3.24. The molecule has 0 atom stereocenters. The van der Waals surface area contributed by atoms with Gasteiger partial charge in [0.05, 0.1) is 25.5 Å². The summed E-state index contributed by atoms with van der Waals surface area (Å²) in [4.78, 5) is 28.6. The molecule has 2 aromatic rings. The van der Waals surface area contributed by atoms with E-state index in [1.807, 2.05) is 17.2 Å². The Balaban J connectivity index is 0.00000306. The fourth-order valence-electron chi connectivity index (χ4n) is 4.25. The summed E-state index contributed by atoms with van der Waals surface area (Å²) in [6.45, 7) is 12.4. The number of carbonyl (C=O) groups is 1. The molecule has 0 aromatic carbocycles. The van der Waals surface area contributed by atoms with Crippen molar-refractivity contribution in [3.8, 4) is 0 Å². The third-order valence-electron chi connectivity index (χ3n) is 6.09. The maximum atomic E-state index is 12.5. The number of guanidine groups is 1. The summed E-state index contributed by atoms with van der Waals surface area (Å²) in [5.74, 6) is 1.16. The molecule has 2 saturated heterocycles. The van der Waals surface area contributed by atoms with Crippen molar-refractivity contribution in [2.45, 2.75) is 20.3 Å². The summed E-state index contributed by atoms with van der Waals surface area (Å²) in [5, 5.41) is 3.42. The van der Waals surface area contributed by atoms with Crippen molar-refractivity contribution in [2.75, 3.05) is 72.1 Å². The number of fused-ring (bicyclic) bond motifs is 1. The quantitative estimate of drug-likeness (QED) is 0.321. The highest BCUT2D eigenvalue weighted by atomic mass is 127. The molecule has 0 radical (unpaired) electrons. The van der Waals surface area contributed by atoms with E-state index in [4.69, 9.17) is 14.7 Å². The maximum Gasteiger partial charge on any atom is 0.236 e. The third-order valence-corrected chi connectivity index (χ3v) is 6.09. The Bertz CT molecular complexity index is 934. The lowest BCUT2D eigenvalue weighted by Gasteiger charge is -2.37. The lowest BCUT2D eigenvalue weighted by Crippen LogP contribution is -2.55. The van der Waals surface area contributed by atoms with Gasteiger partial charge in [-0.3, -0.25) is 14.7 Å². The molecular weight excluding hydrogens is 533 g/mol. The van der Waals surface area contributed by atoms with E-state index < -0.39 is 0 Å². The van der Waals surface area contributed by atoms with Crippen LogP contribution in [-0.2, 0) is 16.0 Å². The Hall–Kier alpha value is -1.92. The second-order valence-electron chi connectivity index (χ2n) is 8.40. The molecule has 0 aliphatic carbocycles. The molecule has 0 unspecified atom stereocenters. The van der Waals surface area contributed by atoms with E-state index >= 15 is 0 Å². The van der Waals surface area contributed by atoms with Gasteiger partial charge in [0.15, 0.2) is 5.96 Å². The second kappa shape index (κ2) is 12.5. The molecule has 4 heterocycles. The smallest absolute Gasteiger partial charge is 0.236 e. The number of rotatable bonds is 6. The molecule has 2 aliphatic rings. The number of nitrogens with zero attached hydrogens (tertiary/aromatic N) is 6. The zero-order chi connectivity index (χ0) is 22.3. The molecule has 2 aliphatic heterocycles. The van der Waals surface area contributed by atoms with Gasteiger partial charge in [0.1, 0.15) is 5.65 Å². The minimum Gasteiger partial charge on any atom is -0.378 e. The largest absolute Gasteiger partial charge is 0.378 e. The number of ether oxygens (including phenoxy) is 1. The predicted molar refractivity (Wildman–Crippen MR) is 140 cm³/mol. The Morgan fingerprint density at radius 2 is 1.91 bits per heavy atom. The van der Waals surface area contributed by atoms with Gasteiger partial charge < -0.3 is 24.3 Å². The van der Waals surface area contributed by atoms with Crippen molar-refractivity contribution in [1.82, 2.24) is 29.4 Å². The average molecular weight is 569 g/mol. The van der Waals surface area contributed by atoms with Crippen molar-refractivity contribution < 1.29 is 9.53 Å². The number of piperazine rings is 1. The van der Waals surface area contributed by atoms with Gasteiger partial charge >= 0.3 is 0 Å². The number of halogens is 1. The molecule has 0 spiro atoms. The van der Waals surface area contributed by atoms with Crippen LogP contribution in [0.3, 0.4) is 0 Å². The monoisotopic (exact) mass is 569 g/mol. The van der Waals surface area contributed by atoms with E-state index in [1.165, 1.54) is 5.56 Å². The summed E-state index contributed by atoms with van der Waals surface area (Å²) in [5.41, 5.74) is 3.26.